The summed E-state index contributed by atoms with van der Waals surface area (Å²) < 4.78 is 22.1. The first-order valence-electron chi connectivity index (χ1n) is 9.59. The van der Waals surface area contributed by atoms with E-state index in [2.05, 4.69) is 5.32 Å². The minimum atomic E-state index is 0. The molecular formula is C22H32IN3O4. The van der Waals surface area contributed by atoms with Crippen molar-refractivity contribution in [3.8, 4) is 23.0 Å². The van der Waals surface area contributed by atoms with Crippen molar-refractivity contribution in [1.82, 2.24) is 10.2 Å². The van der Waals surface area contributed by atoms with Crippen LogP contribution in [0.15, 0.2) is 47.5 Å². The predicted molar refractivity (Wildman–Crippen MR) is 131 cm³/mol. The van der Waals surface area contributed by atoms with Gasteiger partial charge >= 0.3 is 0 Å². The van der Waals surface area contributed by atoms with Gasteiger partial charge in [0.25, 0.3) is 0 Å². The maximum absolute atomic E-state index is 5.79. The van der Waals surface area contributed by atoms with Crippen LogP contribution < -0.4 is 24.3 Å². The number of guanidine groups is 1. The zero-order chi connectivity index (χ0) is 21.1. The Bertz CT molecular complexity index is 787. The summed E-state index contributed by atoms with van der Waals surface area (Å²) in [6.07, 6.45) is 0. The summed E-state index contributed by atoms with van der Waals surface area (Å²) in [6.45, 7) is 4.51. The Morgan fingerprint density at radius 2 is 1.67 bits per heavy atom. The van der Waals surface area contributed by atoms with E-state index in [1.54, 1.807) is 21.3 Å². The summed E-state index contributed by atoms with van der Waals surface area (Å²) in [6, 6.07) is 13.6. The van der Waals surface area contributed by atoms with Crippen LogP contribution in [0.2, 0.25) is 0 Å². The maximum Gasteiger partial charge on any atom is 0.203 e. The second-order valence-electron chi connectivity index (χ2n) is 6.25. The lowest BCUT2D eigenvalue weighted by molar-refractivity contribution is 0.281. The van der Waals surface area contributed by atoms with E-state index in [4.69, 9.17) is 23.9 Å². The molecule has 8 heteroatoms. The molecule has 0 atom stereocenters. The van der Waals surface area contributed by atoms with Crippen LogP contribution in [0.25, 0.3) is 0 Å². The first-order valence-corrected chi connectivity index (χ1v) is 9.59. The molecular weight excluding hydrogens is 497 g/mol. The van der Waals surface area contributed by atoms with Crippen molar-refractivity contribution in [2.75, 3.05) is 48.1 Å². The predicted octanol–water partition coefficient (Wildman–Crippen LogP) is 3.81. The van der Waals surface area contributed by atoms with Gasteiger partial charge in [-0.15, -0.1) is 24.0 Å². The van der Waals surface area contributed by atoms with Crippen molar-refractivity contribution in [3.05, 3.63) is 48.0 Å². The number of para-hydroxylation sites is 1. The lowest BCUT2D eigenvalue weighted by atomic mass is 10.1. The molecule has 166 valence electrons. The lowest BCUT2D eigenvalue weighted by Crippen LogP contribution is -2.40. The standard InChI is InChI=1S/C22H31N3O4.HI/c1-6-23-22(25(2)14-15-29-18-10-8-7-9-11-18)24-16-17-12-13-19(26-3)21(28-5)20(17)27-4;/h7-13H,6,14-16H2,1-5H3,(H,23,24);1H. The third kappa shape index (κ3) is 7.16. The second-order valence-corrected chi connectivity index (χ2v) is 6.25. The highest BCUT2D eigenvalue weighted by Gasteiger charge is 2.16. The number of hydrogen-bond acceptors (Lipinski definition) is 5. The molecule has 0 aromatic heterocycles. The lowest BCUT2D eigenvalue weighted by Gasteiger charge is -2.22. The van der Waals surface area contributed by atoms with Gasteiger partial charge in [0.1, 0.15) is 12.4 Å². The molecule has 30 heavy (non-hydrogen) atoms. The molecule has 0 aliphatic heterocycles. The SMILES string of the molecule is CCNC(=NCc1ccc(OC)c(OC)c1OC)N(C)CCOc1ccccc1.I. The number of benzene rings is 2. The number of rotatable bonds is 10. The number of nitrogens with zero attached hydrogens (tertiary/aromatic N) is 2. The third-order valence-corrected chi connectivity index (χ3v) is 4.32. The van der Waals surface area contributed by atoms with Crippen molar-refractivity contribution in [2.45, 2.75) is 13.5 Å². The van der Waals surface area contributed by atoms with E-state index in [1.165, 1.54) is 0 Å². The highest BCUT2D eigenvalue weighted by molar-refractivity contribution is 14.0. The molecule has 0 bridgehead atoms. The molecule has 2 aromatic carbocycles. The minimum Gasteiger partial charge on any atom is -0.493 e. The van der Waals surface area contributed by atoms with Crippen LogP contribution in [0.1, 0.15) is 12.5 Å². The van der Waals surface area contributed by atoms with E-state index < -0.39 is 0 Å². The van der Waals surface area contributed by atoms with Gasteiger partial charge in [0.15, 0.2) is 17.5 Å². The van der Waals surface area contributed by atoms with Gasteiger partial charge < -0.3 is 29.2 Å². The summed E-state index contributed by atoms with van der Waals surface area (Å²) in [5.74, 6) is 3.47. The van der Waals surface area contributed by atoms with E-state index in [-0.39, 0.29) is 24.0 Å². The first kappa shape index (κ1) is 25.7. The highest BCUT2D eigenvalue weighted by Crippen LogP contribution is 2.39. The number of hydrogen-bond donors (Lipinski definition) is 1. The minimum absolute atomic E-state index is 0. The van der Waals surface area contributed by atoms with Crippen molar-refractivity contribution < 1.29 is 18.9 Å². The third-order valence-electron chi connectivity index (χ3n) is 4.32. The molecule has 0 unspecified atom stereocenters. The van der Waals surface area contributed by atoms with Crippen LogP contribution in [0.5, 0.6) is 23.0 Å². The molecule has 0 saturated carbocycles. The van der Waals surface area contributed by atoms with Gasteiger partial charge in [-0.1, -0.05) is 18.2 Å². The molecule has 0 spiro atoms. The molecule has 0 amide bonds. The molecule has 2 rings (SSSR count). The van der Waals surface area contributed by atoms with Gasteiger partial charge in [0.05, 0.1) is 34.4 Å². The zero-order valence-electron chi connectivity index (χ0n) is 18.3. The van der Waals surface area contributed by atoms with E-state index in [0.29, 0.717) is 36.9 Å². The average Bonchev–Trinajstić information content (AvgIpc) is 2.76. The number of likely N-dealkylation sites (N-methyl/N-ethyl adjacent to an activating group) is 1. The van der Waals surface area contributed by atoms with Crippen LogP contribution in [0, 0.1) is 0 Å². The van der Waals surface area contributed by atoms with Crippen molar-refractivity contribution >= 4 is 29.9 Å². The smallest absolute Gasteiger partial charge is 0.203 e. The summed E-state index contributed by atoms with van der Waals surface area (Å²) in [4.78, 5) is 6.79. The largest absolute Gasteiger partial charge is 0.493 e. The van der Waals surface area contributed by atoms with Crippen molar-refractivity contribution in [3.63, 3.8) is 0 Å². The molecule has 7 nitrogen and oxygen atoms in total. The fraction of sp³-hybridized carbons (Fsp3) is 0.409. The van der Waals surface area contributed by atoms with Gasteiger partial charge in [-0.3, -0.25) is 0 Å². The summed E-state index contributed by atoms with van der Waals surface area (Å²) in [5.41, 5.74) is 0.912. The number of methoxy groups -OCH3 is 3. The molecule has 0 aliphatic carbocycles. The maximum atomic E-state index is 5.79. The highest BCUT2D eigenvalue weighted by atomic mass is 127. The number of halogens is 1. The normalized spacial score (nSPS) is 10.6. The Hall–Kier alpha value is -2.36. The molecule has 0 aliphatic rings. The average molecular weight is 529 g/mol. The summed E-state index contributed by atoms with van der Waals surface area (Å²) in [7, 11) is 6.80. The Balaban J connectivity index is 0.00000450. The van der Waals surface area contributed by atoms with E-state index in [0.717, 1.165) is 23.8 Å². The molecule has 0 fully saturated rings. The number of aliphatic imine (C=N–C) groups is 1. The fourth-order valence-corrected chi connectivity index (χ4v) is 2.84. The van der Waals surface area contributed by atoms with Crippen LogP contribution >= 0.6 is 24.0 Å². The monoisotopic (exact) mass is 529 g/mol. The van der Waals surface area contributed by atoms with E-state index >= 15 is 0 Å². The Kier molecular flexibility index (Phi) is 11.8. The zero-order valence-corrected chi connectivity index (χ0v) is 20.6. The molecule has 0 heterocycles. The quantitative estimate of drug-likeness (QED) is 0.287. The molecule has 2 aromatic rings. The van der Waals surface area contributed by atoms with Crippen molar-refractivity contribution in [1.29, 1.82) is 0 Å². The summed E-state index contributed by atoms with van der Waals surface area (Å²) in [5, 5.41) is 3.31. The van der Waals surface area contributed by atoms with Gasteiger partial charge in [-0.05, 0) is 31.2 Å². The first-order chi connectivity index (χ1) is 14.1. The van der Waals surface area contributed by atoms with Crippen LogP contribution in [-0.4, -0.2) is 58.9 Å². The number of ether oxygens (including phenoxy) is 4. The van der Waals surface area contributed by atoms with Crippen molar-refractivity contribution in [2.24, 2.45) is 4.99 Å². The van der Waals surface area contributed by atoms with Crippen LogP contribution in [-0.2, 0) is 6.54 Å². The fourth-order valence-electron chi connectivity index (χ4n) is 2.84. The summed E-state index contributed by atoms with van der Waals surface area (Å²) >= 11 is 0. The van der Waals surface area contributed by atoms with Crippen LogP contribution in [0.3, 0.4) is 0 Å². The molecule has 0 radical (unpaired) electrons. The van der Waals surface area contributed by atoms with E-state index in [9.17, 15) is 0 Å². The Morgan fingerprint density at radius 3 is 2.27 bits per heavy atom. The second kappa shape index (κ2) is 13.8. The Morgan fingerprint density at radius 1 is 0.967 bits per heavy atom. The van der Waals surface area contributed by atoms with Crippen LogP contribution in [0.4, 0.5) is 0 Å². The number of nitrogens with one attached hydrogen (secondary N) is 1. The van der Waals surface area contributed by atoms with Gasteiger partial charge in [0.2, 0.25) is 5.75 Å². The molecule has 1 N–H and O–H groups in total. The van der Waals surface area contributed by atoms with Gasteiger partial charge in [0, 0.05) is 19.2 Å². The van der Waals surface area contributed by atoms with E-state index in [1.807, 2.05) is 61.3 Å². The topological polar surface area (TPSA) is 64.6 Å². The van der Waals surface area contributed by atoms with Gasteiger partial charge in [-0.25, -0.2) is 4.99 Å². The molecule has 0 saturated heterocycles. The Labute approximate surface area is 196 Å². The van der Waals surface area contributed by atoms with Gasteiger partial charge in [-0.2, -0.15) is 0 Å².